The van der Waals surface area contributed by atoms with Crippen molar-refractivity contribution in [3.05, 3.63) is 72.8 Å². The zero-order chi connectivity index (χ0) is 15.7. The summed E-state index contributed by atoms with van der Waals surface area (Å²) in [5.74, 6) is 0.360. The molecule has 0 bridgehead atoms. The molecule has 1 amide bonds. The van der Waals surface area contributed by atoms with Crippen molar-refractivity contribution in [3.63, 3.8) is 0 Å². The van der Waals surface area contributed by atoms with Crippen molar-refractivity contribution < 1.29 is 14.6 Å². The van der Waals surface area contributed by atoms with Crippen molar-refractivity contribution in [2.45, 2.75) is 11.6 Å². The summed E-state index contributed by atoms with van der Waals surface area (Å²) in [5, 5.41) is 10.9. The van der Waals surface area contributed by atoms with Gasteiger partial charge in [-0.05, 0) is 29.8 Å². The van der Waals surface area contributed by atoms with Gasteiger partial charge in [0.05, 0.1) is 13.2 Å². The fourth-order valence-electron chi connectivity index (χ4n) is 2.84. The third-order valence-corrected chi connectivity index (χ3v) is 4.04. The smallest absolute Gasteiger partial charge is 0.266 e. The van der Waals surface area contributed by atoms with E-state index in [0.717, 1.165) is 0 Å². The van der Waals surface area contributed by atoms with Gasteiger partial charge in [0.25, 0.3) is 5.91 Å². The first kappa shape index (κ1) is 14.4. The van der Waals surface area contributed by atoms with E-state index in [1.807, 2.05) is 6.07 Å². The Morgan fingerprint density at radius 1 is 1.18 bits per heavy atom. The lowest BCUT2D eigenvalue weighted by atomic mass is 9.76. The molecule has 0 aromatic heterocycles. The highest BCUT2D eigenvalue weighted by Crippen LogP contribution is 2.43. The highest BCUT2D eigenvalue weighted by atomic mass is 16.5. The zero-order valence-electron chi connectivity index (χ0n) is 12.3. The number of carbonyl (C=O) groups excluding carboxylic acids is 1. The number of aliphatic hydroxyl groups is 1. The number of rotatable bonds is 4. The van der Waals surface area contributed by atoms with Gasteiger partial charge in [0.15, 0.2) is 5.60 Å². The summed E-state index contributed by atoms with van der Waals surface area (Å²) >= 11 is 0. The maximum atomic E-state index is 12.6. The molecular formula is C18H17NO3. The number of benzene rings is 2. The van der Waals surface area contributed by atoms with Crippen LogP contribution in [0.3, 0.4) is 0 Å². The van der Waals surface area contributed by atoms with Crippen LogP contribution >= 0.6 is 0 Å². The number of β-lactam (4-membered cyclic amide) rings is 1. The second-order valence-electron chi connectivity index (χ2n) is 5.19. The molecule has 2 aromatic carbocycles. The van der Waals surface area contributed by atoms with E-state index in [-0.39, 0.29) is 5.91 Å². The summed E-state index contributed by atoms with van der Waals surface area (Å²) in [7, 11) is 1.59. The van der Waals surface area contributed by atoms with Crippen molar-refractivity contribution in [1.29, 1.82) is 0 Å². The van der Waals surface area contributed by atoms with Crippen LogP contribution in [-0.2, 0) is 10.4 Å². The molecule has 0 aliphatic carbocycles. The van der Waals surface area contributed by atoms with E-state index >= 15 is 0 Å². The van der Waals surface area contributed by atoms with Crippen LogP contribution in [0.1, 0.15) is 5.56 Å². The number of amides is 1. The minimum Gasteiger partial charge on any atom is -0.497 e. The summed E-state index contributed by atoms with van der Waals surface area (Å²) in [4.78, 5) is 14.1. The van der Waals surface area contributed by atoms with Gasteiger partial charge in [-0.25, -0.2) is 0 Å². The maximum absolute atomic E-state index is 12.6. The van der Waals surface area contributed by atoms with Crippen LogP contribution in [-0.4, -0.2) is 24.2 Å². The van der Waals surface area contributed by atoms with Crippen LogP contribution in [0.5, 0.6) is 5.75 Å². The average Bonchev–Trinajstić information content (AvgIpc) is 2.59. The molecule has 3 rings (SSSR count). The topological polar surface area (TPSA) is 49.8 Å². The van der Waals surface area contributed by atoms with Gasteiger partial charge in [0, 0.05) is 5.69 Å². The molecule has 1 aliphatic rings. The minimum atomic E-state index is -1.55. The van der Waals surface area contributed by atoms with Gasteiger partial charge in [0.2, 0.25) is 0 Å². The molecule has 1 saturated heterocycles. The van der Waals surface area contributed by atoms with Gasteiger partial charge >= 0.3 is 0 Å². The molecule has 2 atom stereocenters. The molecule has 22 heavy (non-hydrogen) atoms. The molecule has 0 radical (unpaired) electrons. The molecule has 1 aliphatic heterocycles. The lowest BCUT2D eigenvalue weighted by Crippen LogP contribution is -2.71. The number of methoxy groups -OCH3 is 1. The summed E-state index contributed by atoms with van der Waals surface area (Å²) in [6, 6.07) is 15.6. The fourth-order valence-corrected chi connectivity index (χ4v) is 2.84. The number of anilines is 1. The molecule has 1 N–H and O–H groups in total. The van der Waals surface area contributed by atoms with Crippen molar-refractivity contribution in [2.75, 3.05) is 12.0 Å². The standard InChI is InChI=1S/C18H17NO3/c1-3-16-18(21,13-7-5-4-6-8-13)17(20)19(16)14-9-11-15(22-2)12-10-14/h3-12,16,21H,1H2,2H3. The van der Waals surface area contributed by atoms with Crippen molar-refractivity contribution >= 4 is 11.6 Å². The van der Waals surface area contributed by atoms with Crippen LogP contribution < -0.4 is 9.64 Å². The number of carbonyl (C=O) groups is 1. The second-order valence-corrected chi connectivity index (χ2v) is 5.19. The van der Waals surface area contributed by atoms with Gasteiger partial charge in [-0.15, -0.1) is 6.58 Å². The second kappa shape index (κ2) is 5.31. The molecular weight excluding hydrogens is 278 g/mol. The van der Waals surface area contributed by atoms with Crippen LogP contribution in [0.4, 0.5) is 5.69 Å². The molecule has 2 unspecified atom stereocenters. The highest BCUT2D eigenvalue weighted by Gasteiger charge is 2.60. The molecule has 0 saturated carbocycles. The first-order valence-corrected chi connectivity index (χ1v) is 7.01. The van der Waals surface area contributed by atoms with E-state index in [9.17, 15) is 9.90 Å². The summed E-state index contributed by atoms with van der Waals surface area (Å²) in [5.41, 5.74) is -0.269. The first-order chi connectivity index (χ1) is 10.6. The number of hydrogen-bond acceptors (Lipinski definition) is 3. The van der Waals surface area contributed by atoms with Gasteiger partial charge in [-0.1, -0.05) is 36.4 Å². The van der Waals surface area contributed by atoms with Gasteiger partial charge < -0.3 is 9.84 Å². The zero-order valence-corrected chi connectivity index (χ0v) is 12.3. The lowest BCUT2D eigenvalue weighted by molar-refractivity contribution is -0.152. The Morgan fingerprint density at radius 3 is 2.36 bits per heavy atom. The molecule has 1 fully saturated rings. The van der Waals surface area contributed by atoms with Gasteiger partial charge in [-0.2, -0.15) is 0 Å². The largest absolute Gasteiger partial charge is 0.497 e. The monoisotopic (exact) mass is 295 g/mol. The van der Waals surface area contributed by atoms with E-state index in [2.05, 4.69) is 6.58 Å². The Bertz CT molecular complexity index is 696. The van der Waals surface area contributed by atoms with E-state index in [1.54, 1.807) is 66.6 Å². The van der Waals surface area contributed by atoms with Crippen LogP contribution in [0.2, 0.25) is 0 Å². The minimum absolute atomic E-state index is 0.353. The SMILES string of the molecule is C=CC1N(c2ccc(OC)cc2)C(=O)C1(O)c1ccccc1. The van der Waals surface area contributed by atoms with Crippen molar-refractivity contribution in [1.82, 2.24) is 0 Å². The third kappa shape index (κ3) is 1.92. The lowest BCUT2D eigenvalue weighted by Gasteiger charge is -2.51. The van der Waals surface area contributed by atoms with Gasteiger partial charge in [0.1, 0.15) is 5.75 Å². The normalized spacial score (nSPS) is 23.8. The Morgan fingerprint density at radius 2 is 1.82 bits per heavy atom. The molecule has 4 nitrogen and oxygen atoms in total. The van der Waals surface area contributed by atoms with E-state index in [0.29, 0.717) is 17.0 Å². The van der Waals surface area contributed by atoms with E-state index in [4.69, 9.17) is 4.74 Å². The first-order valence-electron chi connectivity index (χ1n) is 7.01. The van der Waals surface area contributed by atoms with E-state index in [1.165, 1.54) is 0 Å². The maximum Gasteiger partial charge on any atom is 0.266 e. The van der Waals surface area contributed by atoms with Gasteiger partial charge in [-0.3, -0.25) is 9.69 Å². The summed E-state index contributed by atoms with van der Waals surface area (Å²) in [6.07, 6.45) is 1.60. The molecule has 1 heterocycles. The molecule has 112 valence electrons. The predicted octanol–water partition coefficient (Wildman–Crippen LogP) is 2.48. The predicted molar refractivity (Wildman–Crippen MR) is 84.8 cm³/mol. The Kier molecular flexibility index (Phi) is 3.47. The third-order valence-electron chi connectivity index (χ3n) is 4.04. The quantitative estimate of drug-likeness (QED) is 0.696. The van der Waals surface area contributed by atoms with E-state index < -0.39 is 11.6 Å². The van der Waals surface area contributed by atoms with Crippen LogP contribution in [0, 0.1) is 0 Å². The van der Waals surface area contributed by atoms with Crippen molar-refractivity contribution in [2.24, 2.45) is 0 Å². The number of ether oxygens (including phenoxy) is 1. The van der Waals surface area contributed by atoms with Crippen molar-refractivity contribution in [3.8, 4) is 5.75 Å². The Balaban J connectivity index is 1.96. The molecule has 0 spiro atoms. The van der Waals surface area contributed by atoms with Crippen LogP contribution in [0.15, 0.2) is 67.3 Å². The number of nitrogens with zero attached hydrogens (tertiary/aromatic N) is 1. The Hall–Kier alpha value is -2.59. The van der Waals surface area contributed by atoms with Crippen LogP contribution in [0.25, 0.3) is 0 Å². The highest BCUT2D eigenvalue weighted by molar-refractivity contribution is 6.09. The Labute approximate surface area is 129 Å². The number of hydrogen-bond donors (Lipinski definition) is 1. The summed E-state index contributed by atoms with van der Waals surface area (Å²) in [6.45, 7) is 3.77. The average molecular weight is 295 g/mol. The molecule has 2 aromatic rings. The fraction of sp³-hybridized carbons (Fsp3) is 0.167. The summed E-state index contributed by atoms with van der Waals surface area (Å²) < 4.78 is 5.12. The molecule has 4 heteroatoms.